The smallest absolute Gasteiger partial charge is 0.247 e. The largest absolute Gasteiger partial charge is 0.347 e. The monoisotopic (exact) mass is 185 g/mol. The molecule has 0 aromatic heterocycles. The van der Waals surface area contributed by atoms with Crippen LogP contribution in [0.4, 0.5) is 0 Å². The standard InChI is InChI=1S/C9H12ClNO/c1-7(10)6-11-9(12)8-4-2-3-5-8/h4H,1-3,5-6H2,(H,11,12). The molecule has 1 N–H and O–H groups in total. The third kappa shape index (κ3) is 2.70. The Bertz CT molecular complexity index is 233. The average Bonchev–Trinajstić information content (AvgIpc) is 2.51. The molecule has 2 nitrogen and oxygen atoms in total. The maximum absolute atomic E-state index is 11.3. The van der Waals surface area contributed by atoms with E-state index < -0.39 is 0 Å². The van der Waals surface area contributed by atoms with Crippen LogP contribution in [0.15, 0.2) is 23.3 Å². The van der Waals surface area contributed by atoms with Crippen molar-refractivity contribution in [3.63, 3.8) is 0 Å². The molecular weight excluding hydrogens is 174 g/mol. The summed E-state index contributed by atoms with van der Waals surface area (Å²) in [6.07, 6.45) is 4.97. The third-order valence-electron chi connectivity index (χ3n) is 1.77. The van der Waals surface area contributed by atoms with Gasteiger partial charge in [-0.05, 0) is 19.3 Å². The molecule has 1 aliphatic carbocycles. The molecule has 0 unspecified atom stereocenters. The summed E-state index contributed by atoms with van der Waals surface area (Å²) in [5.74, 6) is -0.00528. The number of amides is 1. The van der Waals surface area contributed by atoms with Gasteiger partial charge in [-0.1, -0.05) is 24.3 Å². The van der Waals surface area contributed by atoms with Crippen molar-refractivity contribution in [3.8, 4) is 0 Å². The fraction of sp³-hybridized carbons (Fsp3) is 0.444. The van der Waals surface area contributed by atoms with Gasteiger partial charge in [0.25, 0.3) is 0 Å². The Kier molecular flexibility index (Phi) is 3.35. The van der Waals surface area contributed by atoms with Crippen LogP contribution in [0.25, 0.3) is 0 Å². The molecule has 0 bridgehead atoms. The van der Waals surface area contributed by atoms with Crippen LogP contribution in [0.3, 0.4) is 0 Å². The molecule has 12 heavy (non-hydrogen) atoms. The topological polar surface area (TPSA) is 29.1 Å². The molecule has 1 amide bonds. The van der Waals surface area contributed by atoms with Crippen LogP contribution in [0.1, 0.15) is 19.3 Å². The van der Waals surface area contributed by atoms with E-state index in [0.717, 1.165) is 24.8 Å². The molecule has 0 aliphatic heterocycles. The van der Waals surface area contributed by atoms with Gasteiger partial charge in [-0.2, -0.15) is 0 Å². The predicted molar refractivity (Wildman–Crippen MR) is 49.9 cm³/mol. The van der Waals surface area contributed by atoms with Crippen LogP contribution in [0.5, 0.6) is 0 Å². The summed E-state index contributed by atoms with van der Waals surface area (Å²) in [5, 5.41) is 3.15. The van der Waals surface area contributed by atoms with Crippen LogP contribution >= 0.6 is 11.6 Å². The van der Waals surface area contributed by atoms with Crippen molar-refractivity contribution in [2.24, 2.45) is 0 Å². The summed E-state index contributed by atoms with van der Waals surface area (Å²) >= 11 is 5.50. The second-order valence-corrected chi connectivity index (χ2v) is 3.36. The van der Waals surface area contributed by atoms with Gasteiger partial charge in [-0.25, -0.2) is 0 Å². The molecule has 0 saturated heterocycles. The van der Waals surface area contributed by atoms with Gasteiger partial charge in [-0.3, -0.25) is 4.79 Å². The fourth-order valence-corrected chi connectivity index (χ4v) is 1.23. The zero-order valence-electron chi connectivity index (χ0n) is 6.90. The normalized spacial score (nSPS) is 15.6. The number of halogens is 1. The second-order valence-electron chi connectivity index (χ2n) is 2.82. The van der Waals surface area contributed by atoms with Crippen molar-refractivity contribution in [1.82, 2.24) is 5.32 Å². The Morgan fingerprint density at radius 3 is 3.00 bits per heavy atom. The lowest BCUT2D eigenvalue weighted by Gasteiger charge is -2.03. The first kappa shape index (κ1) is 9.33. The van der Waals surface area contributed by atoms with Crippen LogP contribution in [-0.2, 0) is 4.79 Å². The summed E-state index contributed by atoms with van der Waals surface area (Å²) in [6, 6.07) is 0. The summed E-state index contributed by atoms with van der Waals surface area (Å²) < 4.78 is 0. The summed E-state index contributed by atoms with van der Waals surface area (Å²) in [4.78, 5) is 11.3. The Morgan fingerprint density at radius 1 is 1.75 bits per heavy atom. The molecular formula is C9H12ClNO. The lowest BCUT2D eigenvalue weighted by atomic mass is 10.2. The zero-order chi connectivity index (χ0) is 8.97. The van der Waals surface area contributed by atoms with Gasteiger partial charge in [0, 0.05) is 10.6 Å². The van der Waals surface area contributed by atoms with Crippen molar-refractivity contribution in [1.29, 1.82) is 0 Å². The summed E-state index contributed by atoms with van der Waals surface area (Å²) in [6.45, 7) is 3.84. The van der Waals surface area contributed by atoms with E-state index in [2.05, 4.69) is 11.9 Å². The van der Waals surface area contributed by atoms with E-state index in [1.165, 1.54) is 0 Å². The quantitative estimate of drug-likeness (QED) is 0.716. The predicted octanol–water partition coefficient (Wildman–Crippen LogP) is 1.97. The molecule has 0 spiro atoms. The van der Waals surface area contributed by atoms with Crippen molar-refractivity contribution in [2.75, 3.05) is 6.54 Å². The minimum atomic E-state index is -0.00528. The fourth-order valence-electron chi connectivity index (χ4n) is 1.17. The van der Waals surface area contributed by atoms with Gasteiger partial charge in [0.2, 0.25) is 5.91 Å². The van der Waals surface area contributed by atoms with E-state index in [4.69, 9.17) is 11.6 Å². The highest BCUT2D eigenvalue weighted by Crippen LogP contribution is 2.17. The zero-order valence-corrected chi connectivity index (χ0v) is 7.66. The highest BCUT2D eigenvalue weighted by atomic mass is 35.5. The van der Waals surface area contributed by atoms with Crippen LogP contribution in [0, 0.1) is 0 Å². The number of nitrogens with one attached hydrogen (secondary N) is 1. The lowest BCUT2D eigenvalue weighted by Crippen LogP contribution is -2.25. The molecule has 3 heteroatoms. The Labute approximate surface area is 77.3 Å². The first-order chi connectivity index (χ1) is 5.70. The molecule has 0 saturated carbocycles. The summed E-state index contributed by atoms with van der Waals surface area (Å²) in [5.41, 5.74) is 0.882. The molecule has 66 valence electrons. The number of hydrogen-bond donors (Lipinski definition) is 1. The lowest BCUT2D eigenvalue weighted by molar-refractivity contribution is -0.117. The Balaban J connectivity index is 2.33. The van der Waals surface area contributed by atoms with Gasteiger partial charge in [0.15, 0.2) is 0 Å². The van der Waals surface area contributed by atoms with Crippen LogP contribution in [-0.4, -0.2) is 12.5 Å². The molecule has 0 radical (unpaired) electrons. The molecule has 0 aromatic carbocycles. The number of allylic oxidation sites excluding steroid dienone is 1. The molecule has 0 fully saturated rings. The van der Waals surface area contributed by atoms with E-state index >= 15 is 0 Å². The third-order valence-corrected chi connectivity index (χ3v) is 1.91. The van der Waals surface area contributed by atoms with E-state index in [-0.39, 0.29) is 5.91 Å². The number of carbonyl (C=O) groups is 1. The minimum Gasteiger partial charge on any atom is -0.347 e. The molecule has 1 rings (SSSR count). The molecule has 0 atom stereocenters. The SMILES string of the molecule is C=C(Cl)CNC(=O)C1=CCCC1. The van der Waals surface area contributed by atoms with E-state index in [1.807, 2.05) is 6.08 Å². The van der Waals surface area contributed by atoms with Gasteiger partial charge < -0.3 is 5.32 Å². The number of hydrogen-bond acceptors (Lipinski definition) is 1. The average molecular weight is 186 g/mol. The van der Waals surface area contributed by atoms with E-state index in [0.29, 0.717) is 11.6 Å². The van der Waals surface area contributed by atoms with Crippen molar-refractivity contribution < 1.29 is 4.79 Å². The Morgan fingerprint density at radius 2 is 2.50 bits per heavy atom. The van der Waals surface area contributed by atoms with E-state index in [1.54, 1.807) is 0 Å². The van der Waals surface area contributed by atoms with Gasteiger partial charge in [-0.15, -0.1) is 0 Å². The number of rotatable bonds is 3. The maximum atomic E-state index is 11.3. The van der Waals surface area contributed by atoms with Crippen LogP contribution in [0.2, 0.25) is 0 Å². The van der Waals surface area contributed by atoms with Gasteiger partial charge in [0.1, 0.15) is 0 Å². The summed E-state index contributed by atoms with van der Waals surface area (Å²) in [7, 11) is 0. The Hall–Kier alpha value is -0.760. The maximum Gasteiger partial charge on any atom is 0.247 e. The van der Waals surface area contributed by atoms with Gasteiger partial charge >= 0.3 is 0 Å². The second kappa shape index (κ2) is 4.31. The highest BCUT2D eigenvalue weighted by molar-refractivity contribution is 6.29. The van der Waals surface area contributed by atoms with Crippen molar-refractivity contribution >= 4 is 17.5 Å². The molecule has 1 aliphatic rings. The van der Waals surface area contributed by atoms with Gasteiger partial charge in [0.05, 0.1) is 6.54 Å². The van der Waals surface area contributed by atoms with Crippen molar-refractivity contribution in [3.05, 3.63) is 23.3 Å². The van der Waals surface area contributed by atoms with Crippen molar-refractivity contribution in [2.45, 2.75) is 19.3 Å². The first-order valence-corrected chi connectivity index (χ1v) is 4.38. The first-order valence-electron chi connectivity index (χ1n) is 4.00. The molecule has 0 aromatic rings. The highest BCUT2D eigenvalue weighted by Gasteiger charge is 2.12. The molecule has 0 heterocycles. The van der Waals surface area contributed by atoms with Crippen LogP contribution < -0.4 is 5.32 Å². The van der Waals surface area contributed by atoms with E-state index in [9.17, 15) is 4.79 Å². The number of carbonyl (C=O) groups excluding carboxylic acids is 1. The minimum absolute atomic E-state index is 0.00528.